The molecule has 1 atom stereocenters. The van der Waals surface area contributed by atoms with Crippen molar-refractivity contribution in [2.75, 3.05) is 20.8 Å². The number of carbonyl (C=O) groups is 2. The third kappa shape index (κ3) is 4.43. The van der Waals surface area contributed by atoms with E-state index >= 15 is 0 Å². The predicted octanol–water partition coefficient (Wildman–Crippen LogP) is 2.87. The summed E-state index contributed by atoms with van der Waals surface area (Å²) in [4.78, 5) is 24.1. The standard InChI is InChI=1S/C19H20O5/c1-23-12-16(18(21)14-7-9-17(20)10-8-14)11-13-3-5-15(6-4-13)19(22)24-2/h3-10,16,20H,11-12H2,1-2H3. The molecule has 126 valence electrons. The number of benzene rings is 2. The van der Waals surface area contributed by atoms with Crippen LogP contribution in [0.3, 0.4) is 0 Å². The summed E-state index contributed by atoms with van der Waals surface area (Å²) in [5.74, 6) is -0.666. The number of ether oxygens (including phenoxy) is 2. The van der Waals surface area contributed by atoms with Crippen LogP contribution in [-0.4, -0.2) is 37.7 Å². The largest absolute Gasteiger partial charge is 0.508 e. The fourth-order valence-electron chi connectivity index (χ4n) is 2.47. The van der Waals surface area contributed by atoms with Gasteiger partial charge in [0.2, 0.25) is 0 Å². The quantitative estimate of drug-likeness (QED) is 0.625. The van der Waals surface area contributed by atoms with Crippen LogP contribution in [-0.2, 0) is 15.9 Å². The van der Waals surface area contributed by atoms with Crippen molar-refractivity contribution < 1.29 is 24.2 Å². The molecule has 0 aliphatic heterocycles. The minimum Gasteiger partial charge on any atom is -0.508 e. The fraction of sp³-hybridized carbons (Fsp3) is 0.263. The molecule has 5 nitrogen and oxygen atoms in total. The van der Waals surface area contributed by atoms with E-state index in [0.717, 1.165) is 5.56 Å². The molecule has 1 unspecified atom stereocenters. The highest BCUT2D eigenvalue weighted by atomic mass is 16.5. The predicted molar refractivity (Wildman–Crippen MR) is 89.3 cm³/mol. The number of Topliss-reactive ketones (excluding diaryl/α,β-unsaturated/α-hetero) is 1. The number of rotatable bonds is 7. The highest BCUT2D eigenvalue weighted by Crippen LogP contribution is 2.18. The van der Waals surface area contributed by atoms with Crippen molar-refractivity contribution >= 4 is 11.8 Å². The lowest BCUT2D eigenvalue weighted by Gasteiger charge is -2.15. The zero-order valence-corrected chi connectivity index (χ0v) is 13.7. The van der Waals surface area contributed by atoms with Gasteiger partial charge in [-0.15, -0.1) is 0 Å². The second-order valence-corrected chi connectivity index (χ2v) is 5.46. The summed E-state index contributed by atoms with van der Waals surface area (Å²) in [7, 11) is 2.89. The normalized spacial score (nSPS) is 11.8. The summed E-state index contributed by atoms with van der Waals surface area (Å²) in [6.45, 7) is 0.290. The molecule has 0 heterocycles. The molecule has 0 fully saturated rings. The van der Waals surface area contributed by atoms with Gasteiger partial charge in [-0.2, -0.15) is 0 Å². The van der Waals surface area contributed by atoms with Gasteiger partial charge in [0.25, 0.3) is 0 Å². The molecule has 0 aromatic heterocycles. The zero-order chi connectivity index (χ0) is 17.5. The third-order valence-electron chi connectivity index (χ3n) is 3.75. The second kappa shape index (κ2) is 8.26. The number of methoxy groups -OCH3 is 2. The molecule has 0 aliphatic rings. The number of carbonyl (C=O) groups excluding carboxylic acids is 2. The first-order valence-electron chi connectivity index (χ1n) is 7.54. The molecule has 0 saturated carbocycles. The van der Waals surface area contributed by atoms with E-state index < -0.39 is 5.97 Å². The van der Waals surface area contributed by atoms with Crippen LogP contribution >= 0.6 is 0 Å². The van der Waals surface area contributed by atoms with E-state index in [-0.39, 0.29) is 17.5 Å². The number of aromatic hydroxyl groups is 1. The summed E-state index contributed by atoms with van der Waals surface area (Å²) < 4.78 is 9.85. The van der Waals surface area contributed by atoms with Crippen molar-refractivity contribution in [2.45, 2.75) is 6.42 Å². The maximum Gasteiger partial charge on any atom is 0.337 e. The molecule has 2 aromatic carbocycles. The Morgan fingerprint density at radius 1 is 0.958 bits per heavy atom. The van der Waals surface area contributed by atoms with Crippen molar-refractivity contribution in [1.82, 2.24) is 0 Å². The van der Waals surface area contributed by atoms with Crippen molar-refractivity contribution in [2.24, 2.45) is 5.92 Å². The lowest BCUT2D eigenvalue weighted by molar-refractivity contribution is 0.0600. The van der Waals surface area contributed by atoms with E-state index in [1.807, 2.05) is 0 Å². The Bertz CT molecular complexity index is 689. The van der Waals surface area contributed by atoms with Crippen LogP contribution in [0, 0.1) is 5.92 Å². The summed E-state index contributed by atoms with van der Waals surface area (Å²) in [6.07, 6.45) is 0.495. The van der Waals surface area contributed by atoms with Crippen molar-refractivity contribution in [3.63, 3.8) is 0 Å². The van der Waals surface area contributed by atoms with Gasteiger partial charge in [-0.1, -0.05) is 12.1 Å². The number of hydrogen-bond acceptors (Lipinski definition) is 5. The molecule has 0 radical (unpaired) electrons. The van der Waals surface area contributed by atoms with E-state index in [1.54, 1.807) is 43.5 Å². The van der Waals surface area contributed by atoms with Crippen LogP contribution in [0.1, 0.15) is 26.3 Å². The molecule has 24 heavy (non-hydrogen) atoms. The van der Waals surface area contributed by atoms with Crippen LogP contribution in [0.4, 0.5) is 0 Å². The number of phenolic OH excluding ortho intramolecular Hbond substituents is 1. The second-order valence-electron chi connectivity index (χ2n) is 5.46. The molecule has 0 aliphatic carbocycles. The van der Waals surface area contributed by atoms with E-state index in [9.17, 15) is 14.7 Å². The van der Waals surface area contributed by atoms with Crippen LogP contribution in [0.5, 0.6) is 5.75 Å². The Kier molecular flexibility index (Phi) is 6.09. The van der Waals surface area contributed by atoms with E-state index in [0.29, 0.717) is 24.2 Å². The topological polar surface area (TPSA) is 72.8 Å². The van der Waals surface area contributed by atoms with Gasteiger partial charge in [0.05, 0.1) is 19.3 Å². The smallest absolute Gasteiger partial charge is 0.337 e. The van der Waals surface area contributed by atoms with E-state index in [4.69, 9.17) is 4.74 Å². The minimum absolute atomic E-state index is 0.0473. The van der Waals surface area contributed by atoms with Gasteiger partial charge in [-0.05, 0) is 48.4 Å². The first-order chi connectivity index (χ1) is 11.5. The minimum atomic E-state index is -0.393. The monoisotopic (exact) mass is 328 g/mol. The SMILES string of the molecule is COCC(Cc1ccc(C(=O)OC)cc1)C(=O)c1ccc(O)cc1. The van der Waals surface area contributed by atoms with Crippen molar-refractivity contribution in [3.8, 4) is 5.75 Å². The number of phenols is 1. The average molecular weight is 328 g/mol. The summed E-state index contributed by atoms with van der Waals surface area (Å²) in [5.41, 5.74) is 1.92. The fourth-order valence-corrected chi connectivity index (χ4v) is 2.47. The summed E-state index contributed by atoms with van der Waals surface area (Å²) >= 11 is 0. The lowest BCUT2D eigenvalue weighted by Crippen LogP contribution is -2.22. The molecule has 2 aromatic rings. The Hall–Kier alpha value is -2.66. The maximum absolute atomic E-state index is 12.6. The molecule has 5 heteroatoms. The number of esters is 1. The molecule has 1 N–H and O–H groups in total. The lowest BCUT2D eigenvalue weighted by atomic mass is 9.91. The third-order valence-corrected chi connectivity index (χ3v) is 3.75. The van der Waals surface area contributed by atoms with Gasteiger partial charge < -0.3 is 14.6 Å². The summed E-state index contributed by atoms with van der Waals surface area (Å²) in [5, 5.41) is 9.33. The van der Waals surface area contributed by atoms with Crippen LogP contribution in [0.25, 0.3) is 0 Å². The molecule has 0 saturated heterocycles. The molecule has 2 rings (SSSR count). The van der Waals surface area contributed by atoms with Crippen molar-refractivity contribution in [1.29, 1.82) is 0 Å². The van der Waals surface area contributed by atoms with Gasteiger partial charge in [-0.3, -0.25) is 4.79 Å². The Labute approximate surface area is 140 Å². The average Bonchev–Trinajstić information content (AvgIpc) is 2.61. The highest BCUT2D eigenvalue weighted by Gasteiger charge is 2.21. The molecular weight excluding hydrogens is 308 g/mol. The Balaban J connectivity index is 2.14. The highest BCUT2D eigenvalue weighted by molar-refractivity contribution is 5.98. The first kappa shape index (κ1) is 17.7. The van der Waals surface area contributed by atoms with Crippen LogP contribution in [0.15, 0.2) is 48.5 Å². The first-order valence-corrected chi connectivity index (χ1v) is 7.54. The van der Waals surface area contributed by atoms with Gasteiger partial charge in [0.1, 0.15) is 5.75 Å². The molecule has 0 amide bonds. The van der Waals surface area contributed by atoms with Gasteiger partial charge in [0.15, 0.2) is 5.78 Å². The van der Waals surface area contributed by atoms with Crippen LogP contribution in [0.2, 0.25) is 0 Å². The van der Waals surface area contributed by atoms with Crippen LogP contribution < -0.4 is 0 Å². The van der Waals surface area contributed by atoms with E-state index in [1.165, 1.54) is 19.2 Å². The maximum atomic E-state index is 12.6. The van der Waals surface area contributed by atoms with Gasteiger partial charge in [-0.25, -0.2) is 4.79 Å². The van der Waals surface area contributed by atoms with Gasteiger partial charge in [0, 0.05) is 18.6 Å². The molecule has 0 spiro atoms. The van der Waals surface area contributed by atoms with E-state index in [2.05, 4.69) is 4.74 Å². The Morgan fingerprint density at radius 2 is 1.54 bits per heavy atom. The number of ketones is 1. The summed E-state index contributed by atoms with van der Waals surface area (Å²) in [6, 6.07) is 13.1. The molecule has 0 bridgehead atoms. The van der Waals surface area contributed by atoms with Gasteiger partial charge >= 0.3 is 5.97 Å². The van der Waals surface area contributed by atoms with Crippen molar-refractivity contribution in [3.05, 3.63) is 65.2 Å². The Morgan fingerprint density at radius 3 is 2.08 bits per heavy atom. The molecular formula is C19H20O5. The zero-order valence-electron chi connectivity index (χ0n) is 13.7. The number of hydrogen-bond donors (Lipinski definition) is 1.